The number of hydrogen-bond acceptors (Lipinski definition) is 5. The van der Waals surface area contributed by atoms with Gasteiger partial charge in [0, 0.05) is 6.42 Å². The monoisotopic (exact) mass is 1200 g/mol. The third-order valence-corrected chi connectivity index (χ3v) is 15.1. The standard InChI is InChI=1S/C76H127N2O6P/c1-6-8-10-12-14-16-18-20-22-24-26-28-30-32-34-35-36-37-38-39-40-41-42-43-44-46-48-50-52-54-56-58-60-62-64-66-68-70-76(80)77-74(73-84-85(81,82)83-72-71-78(3,4)5)75(79)69-67-65-63-61-59-57-55-53-51-49-47-45-33-31-29-27-25-23-21-19-17-15-13-11-9-7-2/h8,10,14,16,20,22,26,28,32,34,36-37,39-40,42-43,46,48,51-54,58-61,67,69,74-75,79H,6-7,9,11-13,15,17-19,21,23-25,27,29-31,33,35,38,41,44-45,47,49-50,55-57,62-66,68,70-73H2,1-5H3,(H-,77,80,81,82)/p+1/b10-8-,16-14-,22-20-,28-26-,34-32-,37-36-,40-39-,43-42-,48-46-,53-51+,54-52-,60-58-,61-59+,69-67+. The van der Waals surface area contributed by atoms with Crippen LogP contribution in [0, 0.1) is 0 Å². The van der Waals surface area contributed by atoms with Gasteiger partial charge in [-0.2, -0.15) is 0 Å². The third kappa shape index (κ3) is 67.2. The van der Waals surface area contributed by atoms with Crippen molar-refractivity contribution in [3.63, 3.8) is 0 Å². The lowest BCUT2D eigenvalue weighted by Crippen LogP contribution is -2.45. The molecule has 0 radical (unpaired) electrons. The van der Waals surface area contributed by atoms with E-state index < -0.39 is 20.0 Å². The van der Waals surface area contributed by atoms with Gasteiger partial charge >= 0.3 is 7.82 Å². The molecule has 8 nitrogen and oxygen atoms in total. The summed E-state index contributed by atoms with van der Waals surface area (Å²) in [5, 5.41) is 13.9. The number of nitrogens with one attached hydrogen (secondary N) is 1. The number of amides is 1. The van der Waals surface area contributed by atoms with E-state index >= 15 is 0 Å². The largest absolute Gasteiger partial charge is 0.472 e. The van der Waals surface area contributed by atoms with Crippen molar-refractivity contribution in [3.05, 3.63) is 170 Å². The van der Waals surface area contributed by atoms with Crippen LogP contribution in [0.2, 0.25) is 0 Å². The van der Waals surface area contributed by atoms with Crippen LogP contribution in [-0.4, -0.2) is 73.4 Å². The van der Waals surface area contributed by atoms with Gasteiger partial charge in [-0.15, -0.1) is 0 Å². The van der Waals surface area contributed by atoms with Crippen molar-refractivity contribution < 1.29 is 32.9 Å². The summed E-state index contributed by atoms with van der Waals surface area (Å²) in [6.45, 7) is 4.64. The Bertz CT molecular complexity index is 1990. The fourth-order valence-corrected chi connectivity index (χ4v) is 9.64. The number of unbranched alkanes of at least 4 members (excludes halogenated alkanes) is 21. The molecule has 0 aliphatic carbocycles. The highest BCUT2D eigenvalue weighted by atomic mass is 31.2. The van der Waals surface area contributed by atoms with Crippen molar-refractivity contribution in [3.8, 4) is 0 Å². The van der Waals surface area contributed by atoms with E-state index in [0.717, 1.165) is 116 Å². The van der Waals surface area contributed by atoms with E-state index in [2.05, 4.69) is 177 Å². The number of phosphoric ester groups is 1. The fraction of sp³-hybridized carbons (Fsp3) is 0.618. The van der Waals surface area contributed by atoms with Crippen molar-refractivity contribution in [1.29, 1.82) is 0 Å². The van der Waals surface area contributed by atoms with Crippen LogP contribution in [0.15, 0.2) is 170 Å². The Morgan fingerprint density at radius 3 is 1.08 bits per heavy atom. The van der Waals surface area contributed by atoms with Gasteiger partial charge in [0.2, 0.25) is 5.91 Å². The lowest BCUT2D eigenvalue weighted by molar-refractivity contribution is -0.870. The second-order valence-electron chi connectivity index (χ2n) is 23.4. The van der Waals surface area contributed by atoms with Gasteiger partial charge < -0.3 is 19.8 Å². The van der Waals surface area contributed by atoms with Gasteiger partial charge in [0.1, 0.15) is 13.2 Å². The predicted molar refractivity (Wildman–Crippen MR) is 373 cm³/mol. The number of allylic oxidation sites excluding steroid dienone is 27. The van der Waals surface area contributed by atoms with Gasteiger partial charge in [0.05, 0.1) is 39.9 Å². The molecular formula is C76H128N2O6P+. The van der Waals surface area contributed by atoms with Gasteiger partial charge in [-0.3, -0.25) is 13.8 Å². The van der Waals surface area contributed by atoms with E-state index in [1.165, 1.54) is 109 Å². The van der Waals surface area contributed by atoms with E-state index in [9.17, 15) is 19.4 Å². The van der Waals surface area contributed by atoms with E-state index in [-0.39, 0.29) is 19.1 Å². The van der Waals surface area contributed by atoms with Crippen LogP contribution >= 0.6 is 7.82 Å². The van der Waals surface area contributed by atoms with E-state index in [1.54, 1.807) is 6.08 Å². The molecule has 0 rings (SSSR count). The molecule has 0 fully saturated rings. The van der Waals surface area contributed by atoms with Gasteiger partial charge in [0.25, 0.3) is 0 Å². The van der Waals surface area contributed by atoms with Crippen LogP contribution in [0.4, 0.5) is 0 Å². The molecule has 85 heavy (non-hydrogen) atoms. The molecule has 3 atom stereocenters. The Kier molecular flexibility index (Phi) is 61.2. The number of nitrogens with zero attached hydrogens (tertiary/aromatic N) is 1. The number of hydrogen-bond donors (Lipinski definition) is 3. The van der Waals surface area contributed by atoms with Crippen LogP contribution in [-0.2, 0) is 18.4 Å². The highest BCUT2D eigenvalue weighted by Gasteiger charge is 2.27. The molecule has 0 aromatic carbocycles. The molecule has 0 aliphatic rings. The Labute approximate surface area is 524 Å². The molecule has 3 unspecified atom stereocenters. The molecule has 0 aromatic rings. The summed E-state index contributed by atoms with van der Waals surface area (Å²) >= 11 is 0. The summed E-state index contributed by atoms with van der Waals surface area (Å²) in [7, 11) is 1.50. The maximum Gasteiger partial charge on any atom is 0.472 e. The smallest absolute Gasteiger partial charge is 0.387 e. The number of likely N-dealkylation sites (N-methyl/N-ethyl adjacent to an activating group) is 1. The molecule has 3 N–H and O–H groups in total. The number of aliphatic hydroxyl groups is 1. The molecule has 0 heterocycles. The summed E-state index contributed by atoms with van der Waals surface area (Å²) < 4.78 is 23.7. The van der Waals surface area contributed by atoms with Crippen LogP contribution in [0.1, 0.15) is 251 Å². The molecule has 0 saturated carbocycles. The van der Waals surface area contributed by atoms with Crippen LogP contribution in [0.25, 0.3) is 0 Å². The maximum atomic E-state index is 13.0. The molecule has 9 heteroatoms. The second-order valence-corrected chi connectivity index (χ2v) is 24.9. The van der Waals surface area contributed by atoms with Crippen molar-refractivity contribution in [2.75, 3.05) is 40.9 Å². The molecule has 1 amide bonds. The van der Waals surface area contributed by atoms with E-state index in [1.807, 2.05) is 27.2 Å². The first kappa shape index (κ1) is 80.9. The van der Waals surface area contributed by atoms with Crippen LogP contribution < -0.4 is 5.32 Å². The van der Waals surface area contributed by atoms with Crippen molar-refractivity contribution >= 4 is 13.7 Å². The van der Waals surface area contributed by atoms with E-state index in [0.29, 0.717) is 23.9 Å². The summed E-state index contributed by atoms with van der Waals surface area (Å²) in [6, 6.07) is -0.903. The summed E-state index contributed by atoms with van der Waals surface area (Å²) in [5.41, 5.74) is 0. The molecule has 0 aliphatic heterocycles. The normalized spacial score (nSPS) is 14.8. The lowest BCUT2D eigenvalue weighted by atomic mass is 10.0. The van der Waals surface area contributed by atoms with Crippen molar-refractivity contribution in [2.24, 2.45) is 0 Å². The lowest BCUT2D eigenvalue weighted by Gasteiger charge is -2.25. The van der Waals surface area contributed by atoms with Gasteiger partial charge in [-0.25, -0.2) is 4.57 Å². The van der Waals surface area contributed by atoms with Crippen LogP contribution in [0.3, 0.4) is 0 Å². The maximum absolute atomic E-state index is 13.0. The quantitative estimate of drug-likeness (QED) is 0.0243. The number of quaternary nitrogens is 1. The van der Waals surface area contributed by atoms with Gasteiger partial charge in [-0.05, 0) is 128 Å². The second kappa shape index (κ2) is 64.3. The Morgan fingerprint density at radius 1 is 0.412 bits per heavy atom. The van der Waals surface area contributed by atoms with E-state index in [4.69, 9.17) is 9.05 Å². The summed E-state index contributed by atoms with van der Waals surface area (Å²) in [5.74, 6) is -0.229. The molecule has 0 saturated heterocycles. The highest BCUT2D eigenvalue weighted by Crippen LogP contribution is 2.43. The third-order valence-electron chi connectivity index (χ3n) is 14.1. The van der Waals surface area contributed by atoms with Gasteiger partial charge in [-0.1, -0.05) is 287 Å². The minimum absolute atomic E-state index is 0.0372. The molecule has 0 spiro atoms. The Morgan fingerprint density at radius 2 is 0.718 bits per heavy atom. The Hall–Kier alpha value is -4.14. The average Bonchev–Trinajstić information content (AvgIpc) is 3.49. The minimum Gasteiger partial charge on any atom is -0.387 e. The summed E-state index contributed by atoms with van der Waals surface area (Å²) in [4.78, 5) is 23.4. The predicted octanol–water partition coefficient (Wildman–Crippen LogP) is 21.9. The minimum atomic E-state index is -4.39. The number of carbonyl (C=O) groups excluding carboxylic acids is 1. The number of phosphoric acid groups is 1. The first-order chi connectivity index (χ1) is 41.5. The number of carbonyl (C=O) groups is 1. The molecule has 0 bridgehead atoms. The first-order valence-corrected chi connectivity index (χ1v) is 35.5. The first-order valence-electron chi connectivity index (χ1n) is 34.0. The zero-order chi connectivity index (χ0) is 61.9. The number of aliphatic hydroxyl groups excluding tert-OH is 1. The zero-order valence-corrected chi connectivity index (χ0v) is 55.9. The average molecular weight is 1200 g/mol. The highest BCUT2D eigenvalue weighted by molar-refractivity contribution is 7.47. The van der Waals surface area contributed by atoms with Crippen LogP contribution in [0.5, 0.6) is 0 Å². The topological polar surface area (TPSA) is 105 Å². The SMILES string of the molecule is CC/C=C\C/C=C\C/C=C\C/C=C\C/C=C\C/C=C\C/C=C\C/C=C\C/C=C\C/C=C\C/C=C\CCCCCC(=O)NC(COP(=O)(O)OCC[N+](C)(C)C)C(O)/C=C/CC/C=C/CC/C=C/CCCCCCCCCCCCCCCCCC. The molecule has 482 valence electrons. The van der Waals surface area contributed by atoms with Crippen molar-refractivity contribution in [2.45, 2.75) is 264 Å². The zero-order valence-electron chi connectivity index (χ0n) is 55.0. The molecular weight excluding hydrogens is 1070 g/mol. The number of rotatable bonds is 60. The van der Waals surface area contributed by atoms with Gasteiger partial charge in [0.15, 0.2) is 0 Å². The Balaban J connectivity index is 4.31. The summed E-state index contributed by atoms with van der Waals surface area (Å²) in [6.07, 6.45) is 102. The fourth-order valence-electron chi connectivity index (χ4n) is 8.90. The molecule has 0 aromatic heterocycles. The van der Waals surface area contributed by atoms with Crippen molar-refractivity contribution in [1.82, 2.24) is 5.32 Å².